The average Bonchev–Trinajstić information content (AvgIpc) is 2.85. The second-order valence-electron chi connectivity index (χ2n) is 4.15. The van der Waals surface area contributed by atoms with Crippen LogP contribution in [-0.4, -0.2) is 29.4 Å². The molecule has 2 aromatic rings. The Balaban J connectivity index is 2.13. The van der Waals surface area contributed by atoms with Crippen molar-refractivity contribution in [2.45, 2.75) is 6.92 Å². The lowest BCUT2D eigenvalue weighted by molar-refractivity contribution is 0.0950. The molecule has 0 aliphatic rings. The molecule has 1 aromatic carbocycles. The first-order valence-corrected chi connectivity index (χ1v) is 7.48. The first-order chi connectivity index (χ1) is 10.0. The lowest BCUT2D eigenvalue weighted by Gasteiger charge is -2.07. The molecule has 0 saturated heterocycles. The molecule has 0 bridgehead atoms. The summed E-state index contributed by atoms with van der Waals surface area (Å²) in [5.74, 6) is 0.246. The topological polar surface area (TPSA) is 79.4 Å². The van der Waals surface area contributed by atoms with E-state index in [1.807, 2.05) is 19.1 Å². The number of aromatic nitrogens is 2. The molecule has 21 heavy (non-hydrogen) atoms. The number of nitrogens with one attached hydrogen (secondary N) is 2. The van der Waals surface area contributed by atoms with E-state index in [0.29, 0.717) is 5.75 Å². The van der Waals surface area contributed by atoms with Gasteiger partial charge in [0.25, 0.3) is 5.91 Å². The standard InChI is InChI=1S/C13H12Br2N4O2/c1-7-3-11(18-17-7)13(20)19-16-6-8-4-9(14)5-10(15)12(8)21-2/h3-6H,1-2H3,(H,17,18)(H,19,20)/b16-6+. The lowest BCUT2D eigenvalue weighted by Crippen LogP contribution is -2.18. The van der Waals surface area contributed by atoms with Crippen LogP contribution in [0.3, 0.4) is 0 Å². The first-order valence-electron chi connectivity index (χ1n) is 5.89. The average molecular weight is 416 g/mol. The minimum Gasteiger partial charge on any atom is -0.495 e. The van der Waals surface area contributed by atoms with Crippen LogP contribution in [0.25, 0.3) is 0 Å². The quantitative estimate of drug-likeness (QED) is 0.595. The van der Waals surface area contributed by atoms with E-state index in [2.05, 4.69) is 52.6 Å². The highest BCUT2D eigenvalue weighted by Crippen LogP contribution is 2.31. The van der Waals surface area contributed by atoms with Crippen molar-refractivity contribution in [1.82, 2.24) is 15.6 Å². The summed E-state index contributed by atoms with van der Waals surface area (Å²) in [4.78, 5) is 11.8. The van der Waals surface area contributed by atoms with E-state index in [4.69, 9.17) is 4.74 Å². The summed E-state index contributed by atoms with van der Waals surface area (Å²) in [6, 6.07) is 5.33. The molecule has 6 nitrogen and oxygen atoms in total. The number of aromatic amines is 1. The van der Waals surface area contributed by atoms with Crippen molar-refractivity contribution in [2.75, 3.05) is 7.11 Å². The Kier molecular flexibility index (Phi) is 5.13. The Labute approximate surface area is 138 Å². The molecular weight excluding hydrogens is 404 g/mol. The summed E-state index contributed by atoms with van der Waals surface area (Å²) in [5.41, 5.74) is 4.22. The summed E-state index contributed by atoms with van der Waals surface area (Å²) in [6.45, 7) is 1.82. The first kappa shape index (κ1) is 15.7. The van der Waals surface area contributed by atoms with Gasteiger partial charge < -0.3 is 4.74 Å². The Morgan fingerprint density at radius 1 is 1.43 bits per heavy atom. The van der Waals surface area contributed by atoms with Crippen molar-refractivity contribution < 1.29 is 9.53 Å². The van der Waals surface area contributed by atoms with Gasteiger partial charge in [-0.3, -0.25) is 9.89 Å². The zero-order valence-corrected chi connectivity index (χ0v) is 14.4. The maximum absolute atomic E-state index is 11.8. The SMILES string of the molecule is COc1c(Br)cc(Br)cc1/C=N/NC(=O)c1cc(C)[nH]n1. The van der Waals surface area contributed by atoms with Crippen LogP contribution in [0.4, 0.5) is 0 Å². The van der Waals surface area contributed by atoms with Crippen LogP contribution in [-0.2, 0) is 0 Å². The monoisotopic (exact) mass is 414 g/mol. The van der Waals surface area contributed by atoms with Gasteiger partial charge in [0.05, 0.1) is 17.8 Å². The summed E-state index contributed by atoms with van der Waals surface area (Å²) >= 11 is 6.79. The number of hydrogen-bond acceptors (Lipinski definition) is 4. The molecule has 0 fully saturated rings. The fraction of sp³-hybridized carbons (Fsp3) is 0.154. The van der Waals surface area contributed by atoms with Crippen LogP contribution in [0.2, 0.25) is 0 Å². The van der Waals surface area contributed by atoms with Crippen LogP contribution in [0.5, 0.6) is 5.75 Å². The molecule has 2 N–H and O–H groups in total. The normalized spacial score (nSPS) is 10.9. The van der Waals surface area contributed by atoms with Gasteiger partial charge in [0, 0.05) is 15.7 Å². The summed E-state index contributed by atoms with van der Waals surface area (Å²) in [6.07, 6.45) is 1.51. The lowest BCUT2D eigenvalue weighted by atomic mass is 10.2. The predicted octanol–water partition coefficient (Wildman–Crippen LogP) is 3.02. The number of carbonyl (C=O) groups excluding carboxylic acids is 1. The molecule has 0 atom stereocenters. The molecule has 110 valence electrons. The van der Waals surface area contributed by atoms with E-state index in [1.54, 1.807) is 13.2 Å². The molecule has 1 amide bonds. The Hall–Kier alpha value is -1.67. The van der Waals surface area contributed by atoms with Crippen LogP contribution >= 0.6 is 31.9 Å². The molecular formula is C13H12Br2N4O2. The molecule has 1 heterocycles. The van der Waals surface area contributed by atoms with Gasteiger partial charge in [-0.2, -0.15) is 10.2 Å². The molecule has 8 heteroatoms. The third kappa shape index (κ3) is 3.92. The zero-order valence-electron chi connectivity index (χ0n) is 11.3. The molecule has 0 spiro atoms. The van der Waals surface area contributed by atoms with E-state index in [9.17, 15) is 4.79 Å². The number of amides is 1. The number of aryl methyl sites for hydroxylation is 1. The van der Waals surface area contributed by atoms with Crippen LogP contribution in [0, 0.1) is 6.92 Å². The summed E-state index contributed by atoms with van der Waals surface area (Å²) in [5, 5.41) is 10.5. The fourth-order valence-electron chi connectivity index (χ4n) is 1.64. The molecule has 2 rings (SSSR count). The van der Waals surface area contributed by atoms with Crippen molar-refractivity contribution in [3.8, 4) is 5.75 Å². The van der Waals surface area contributed by atoms with E-state index in [0.717, 1.165) is 20.2 Å². The number of rotatable bonds is 4. The van der Waals surface area contributed by atoms with E-state index in [-0.39, 0.29) is 11.6 Å². The third-order valence-electron chi connectivity index (χ3n) is 2.55. The van der Waals surface area contributed by atoms with Gasteiger partial charge in [0.1, 0.15) is 5.75 Å². The number of benzene rings is 1. The van der Waals surface area contributed by atoms with Gasteiger partial charge in [-0.15, -0.1) is 0 Å². The Morgan fingerprint density at radius 2 is 2.19 bits per heavy atom. The van der Waals surface area contributed by atoms with E-state index >= 15 is 0 Å². The van der Waals surface area contributed by atoms with Gasteiger partial charge in [-0.1, -0.05) is 15.9 Å². The number of methoxy groups -OCH3 is 1. The Morgan fingerprint density at radius 3 is 2.81 bits per heavy atom. The molecule has 0 unspecified atom stereocenters. The van der Waals surface area contributed by atoms with E-state index < -0.39 is 0 Å². The smallest absolute Gasteiger partial charge is 0.291 e. The number of carbonyl (C=O) groups is 1. The van der Waals surface area contributed by atoms with Crippen molar-refractivity contribution in [2.24, 2.45) is 5.10 Å². The van der Waals surface area contributed by atoms with Gasteiger partial charge in [-0.25, -0.2) is 5.43 Å². The number of H-pyrrole nitrogens is 1. The van der Waals surface area contributed by atoms with E-state index in [1.165, 1.54) is 6.21 Å². The van der Waals surface area contributed by atoms with Crippen molar-refractivity contribution in [1.29, 1.82) is 0 Å². The van der Waals surface area contributed by atoms with Crippen molar-refractivity contribution >= 4 is 44.0 Å². The molecule has 1 aromatic heterocycles. The molecule has 0 aliphatic heterocycles. The van der Waals surface area contributed by atoms with Crippen LogP contribution < -0.4 is 10.2 Å². The maximum Gasteiger partial charge on any atom is 0.291 e. The van der Waals surface area contributed by atoms with Gasteiger partial charge >= 0.3 is 0 Å². The largest absolute Gasteiger partial charge is 0.495 e. The van der Waals surface area contributed by atoms with Gasteiger partial charge in [0.15, 0.2) is 5.69 Å². The fourth-order valence-corrected chi connectivity index (χ4v) is 3.06. The van der Waals surface area contributed by atoms with Crippen molar-refractivity contribution in [3.05, 3.63) is 44.1 Å². The molecule has 0 aliphatic carbocycles. The third-order valence-corrected chi connectivity index (χ3v) is 3.60. The van der Waals surface area contributed by atoms with Gasteiger partial charge in [-0.05, 0) is 41.1 Å². The number of nitrogens with zero attached hydrogens (tertiary/aromatic N) is 2. The van der Waals surface area contributed by atoms with Gasteiger partial charge in [0.2, 0.25) is 0 Å². The highest BCUT2D eigenvalue weighted by atomic mass is 79.9. The number of halogens is 2. The zero-order chi connectivity index (χ0) is 15.4. The number of hydrazone groups is 1. The van der Waals surface area contributed by atoms with Crippen LogP contribution in [0.1, 0.15) is 21.7 Å². The molecule has 0 radical (unpaired) electrons. The van der Waals surface area contributed by atoms with Crippen molar-refractivity contribution in [3.63, 3.8) is 0 Å². The second-order valence-corrected chi connectivity index (χ2v) is 5.92. The molecule has 0 saturated carbocycles. The highest BCUT2D eigenvalue weighted by Gasteiger charge is 2.09. The second kappa shape index (κ2) is 6.86. The summed E-state index contributed by atoms with van der Waals surface area (Å²) in [7, 11) is 1.57. The maximum atomic E-state index is 11.8. The Bertz CT molecular complexity index is 697. The minimum absolute atomic E-state index is 0.284. The number of hydrogen-bond donors (Lipinski definition) is 2. The highest BCUT2D eigenvalue weighted by molar-refractivity contribution is 9.11. The predicted molar refractivity (Wildman–Crippen MR) is 86.8 cm³/mol. The number of ether oxygens (including phenoxy) is 1. The van der Waals surface area contributed by atoms with Crippen LogP contribution in [0.15, 0.2) is 32.2 Å². The summed E-state index contributed by atoms with van der Waals surface area (Å²) < 4.78 is 6.94. The minimum atomic E-state index is -0.386.